The Hall–Kier alpha value is -5.65. The van der Waals surface area contributed by atoms with Gasteiger partial charge in [-0.2, -0.15) is 0 Å². The Morgan fingerprint density at radius 2 is 0.851 bits per heavy atom. The Morgan fingerprint density at radius 3 is 1.30 bits per heavy atom. The van der Waals surface area contributed by atoms with Crippen LogP contribution in [-0.2, 0) is 29.3 Å². The molecule has 0 aromatic heterocycles. The van der Waals surface area contributed by atoms with Gasteiger partial charge in [0.25, 0.3) is 0 Å². The van der Waals surface area contributed by atoms with E-state index in [2.05, 4.69) is 6.07 Å². The Kier molecular flexibility index (Phi) is 10.7. The van der Waals surface area contributed by atoms with E-state index < -0.39 is 5.97 Å². The molecule has 5 heteroatoms. The van der Waals surface area contributed by atoms with Crippen LogP contribution in [0.5, 0.6) is 11.5 Å². The van der Waals surface area contributed by atoms with Gasteiger partial charge in [0.15, 0.2) is 0 Å². The van der Waals surface area contributed by atoms with E-state index in [1.54, 1.807) is 0 Å². The van der Waals surface area contributed by atoms with Crippen molar-refractivity contribution in [2.75, 3.05) is 13.2 Å². The normalized spacial score (nSPS) is 10.7. The summed E-state index contributed by atoms with van der Waals surface area (Å²) in [6.45, 7) is 1.92. The standard InChI is InChI=1S/C42H36O5/c43-42(45-25-24-44-29-32-10-4-1-5-11-32)39-27-37(35-16-20-40(21-17-35)46-30-33-12-6-2-7-13-33)26-38(28-39)36-18-22-41(23-19-36)47-31-34-14-8-3-9-15-34/h1-23,26-28H,24-25,29-31H2. The molecule has 0 radical (unpaired) electrons. The molecule has 0 unspecified atom stereocenters. The highest BCUT2D eigenvalue weighted by Gasteiger charge is 2.13. The van der Waals surface area contributed by atoms with Gasteiger partial charge in [0.2, 0.25) is 0 Å². The van der Waals surface area contributed by atoms with Crippen LogP contribution < -0.4 is 9.47 Å². The van der Waals surface area contributed by atoms with E-state index in [9.17, 15) is 4.79 Å². The average Bonchev–Trinajstić information content (AvgIpc) is 3.14. The van der Waals surface area contributed by atoms with E-state index in [-0.39, 0.29) is 6.61 Å². The molecule has 0 saturated heterocycles. The maximum absolute atomic E-state index is 13.3. The molecule has 0 amide bonds. The Bertz CT molecular complexity index is 1730. The maximum Gasteiger partial charge on any atom is 0.338 e. The number of carbonyl (C=O) groups excluding carboxylic acids is 1. The number of carbonyl (C=O) groups is 1. The average molecular weight is 621 g/mol. The molecule has 0 bridgehead atoms. The van der Waals surface area contributed by atoms with Gasteiger partial charge in [0.05, 0.1) is 18.8 Å². The lowest BCUT2D eigenvalue weighted by atomic mass is 9.96. The second kappa shape index (κ2) is 16.1. The number of esters is 1. The summed E-state index contributed by atoms with van der Waals surface area (Å²) in [7, 11) is 0. The topological polar surface area (TPSA) is 54.0 Å². The molecule has 0 N–H and O–H groups in total. The zero-order valence-corrected chi connectivity index (χ0v) is 26.1. The van der Waals surface area contributed by atoms with Crippen molar-refractivity contribution in [1.29, 1.82) is 0 Å². The molecule has 0 atom stereocenters. The molecular weight excluding hydrogens is 584 g/mol. The van der Waals surface area contributed by atoms with E-state index in [0.717, 1.165) is 50.4 Å². The van der Waals surface area contributed by atoms with E-state index in [1.165, 1.54) is 0 Å². The summed E-state index contributed by atoms with van der Waals surface area (Å²) < 4.78 is 23.3. The van der Waals surface area contributed by atoms with Crippen LogP contribution in [0.3, 0.4) is 0 Å². The molecule has 0 heterocycles. The number of benzene rings is 6. The minimum atomic E-state index is -0.401. The largest absolute Gasteiger partial charge is 0.489 e. The van der Waals surface area contributed by atoms with Crippen LogP contribution >= 0.6 is 0 Å². The first kappa shape index (κ1) is 31.3. The van der Waals surface area contributed by atoms with E-state index in [1.807, 2.05) is 152 Å². The highest BCUT2D eigenvalue weighted by Crippen LogP contribution is 2.31. The molecule has 234 valence electrons. The summed E-state index contributed by atoms with van der Waals surface area (Å²) in [4.78, 5) is 13.3. The molecule has 0 saturated carbocycles. The Labute approximate surface area is 276 Å². The molecule has 5 nitrogen and oxygen atoms in total. The van der Waals surface area contributed by atoms with Crippen molar-refractivity contribution in [3.05, 3.63) is 180 Å². The molecule has 6 aromatic carbocycles. The van der Waals surface area contributed by atoms with Gasteiger partial charge in [0, 0.05) is 0 Å². The lowest BCUT2D eigenvalue weighted by Gasteiger charge is -2.13. The second-order valence-electron chi connectivity index (χ2n) is 11.1. The van der Waals surface area contributed by atoms with Crippen molar-refractivity contribution in [3.8, 4) is 33.8 Å². The fourth-order valence-electron chi connectivity index (χ4n) is 5.09. The smallest absolute Gasteiger partial charge is 0.338 e. The highest BCUT2D eigenvalue weighted by molar-refractivity contribution is 5.93. The maximum atomic E-state index is 13.3. The molecule has 0 spiro atoms. The van der Waals surface area contributed by atoms with Crippen molar-refractivity contribution >= 4 is 5.97 Å². The first-order chi connectivity index (χ1) is 23.2. The SMILES string of the molecule is O=C(OCCOCc1ccccc1)c1cc(-c2ccc(OCc3ccccc3)cc2)cc(-c2ccc(OCc3ccccc3)cc2)c1. The first-order valence-electron chi connectivity index (χ1n) is 15.7. The van der Waals surface area contributed by atoms with Crippen molar-refractivity contribution in [2.45, 2.75) is 19.8 Å². The zero-order valence-electron chi connectivity index (χ0n) is 26.1. The molecule has 0 fully saturated rings. The van der Waals surface area contributed by atoms with Crippen molar-refractivity contribution in [1.82, 2.24) is 0 Å². The fourth-order valence-corrected chi connectivity index (χ4v) is 5.09. The first-order valence-corrected chi connectivity index (χ1v) is 15.7. The molecule has 0 aliphatic rings. The molecule has 6 aromatic rings. The summed E-state index contributed by atoms with van der Waals surface area (Å²) in [6.07, 6.45) is 0. The van der Waals surface area contributed by atoms with Crippen LogP contribution in [0, 0.1) is 0 Å². The summed E-state index contributed by atoms with van der Waals surface area (Å²) in [5.41, 5.74) is 7.47. The third-order valence-electron chi connectivity index (χ3n) is 7.61. The van der Waals surface area contributed by atoms with E-state index in [4.69, 9.17) is 18.9 Å². The van der Waals surface area contributed by atoms with E-state index in [0.29, 0.717) is 32.0 Å². The van der Waals surface area contributed by atoms with Gasteiger partial charge in [0.1, 0.15) is 31.3 Å². The van der Waals surface area contributed by atoms with Gasteiger partial charge in [-0.25, -0.2) is 4.79 Å². The lowest BCUT2D eigenvalue weighted by Crippen LogP contribution is -2.11. The van der Waals surface area contributed by atoms with Crippen LogP contribution in [0.1, 0.15) is 27.0 Å². The molecule has 0 aliphatic heterocycles. The van der Waals surface area contributed by atoms with Crippen molar-refractivity contribution < 1.29 is 23.7 Å². The number of rotatable bonds is 14. The van der Waals surface area contributed by atoms with Crippen molar-refractivity contribution in [2.24, 2.45) is 0 Å². The zero-order chi connectivity index (χ0) is 32.1. The van der Waals surface area contributed by atoms with E-state index >= 15 is 0 Å². The minimum Gasteiger partial charge on any atom is -0.489 e. The van der Waals surface area contributed by atoms with Gasteiger partial charge >= 0.3 is 5.97 Å². The van der Waals surface area contributed by atoms with Crippen LogP contribution in [-0.4, -0.2) is 19.2 Å². The van der Waals surface area contributed by atoms with Crippen LogP contribution in [0.15, 0.2) is 158 Å². The van der Waals surface area contributed by atoms with Crippen LogP contribution in [0.25, 0.3) is 22.3 Å². The van der Waals surface area contributed by atoms with Gasteiger partial charge in [-0.3, -0.25) is 0 Å². The van der Waals surface area contributed by atoms with Gasteiger partial charge in [-0.15, -0.1) is 0 Å². The summed E-state index contributed by atoms with van der Waals surface area (Å²) in [6, 6.07) is 51.7. The second-order valence-corrected chi connectivity index (χ2v) is 11.1. The van der Waals surface area contributed by atoms with Crippen molar-refractivity contribution in [3.63, 3.8) is 0 Å². The predicted molar refractivity (Wildman–Crippen MR) is 185 cm³/mol. The third kappa shape index (κ3) is 9.19. The number of hydrogen-bond donors (Lipinski definition) is 0. The molecule has 6 rings (SSSR count). The lowest BCUT2D eigenvalue weighted by molar-refractivity contribution is 0.0288. The Balaban J connectivity index is 1.17. The summed E-state index contributed by atoms with van der Waals surface area (Å²) in [5.74, 6) is 1.15. The Morgan fingerprint density at radius 1 is 0.426 bits per heavy atom. The third-order valence-corrected chi connectivity index (χ3v) is 7.61. The fraction of sp³-hybridized carbons (Fsp3) is 0.119. The predicted octanol–water partition coefficient (Wildman–Crippen LogP) is 9.55. The molecule has 47 heavy (non-hydrogen) atoms. The number of hydrogen-bond acceptors (Lipinski definition) is 5. The monoisotopic (exact) mass is 620 g/mol. The van der Waals surface area contributed by atoms with Gasteiger partial charge in [-0.1, -0.05) is 115 Å². The molecular formula is C42H36O5. The minimum absolute atomic E-state index is 0.159. The van der Waals surface area contributed by atoms with Gasteiger partial charge < -0.3 is 18.9 Å². The van der Waals surface area contributed by atoms with Crippen LogP contribution in [0.2, 0.25) is 0 Å². The summed E-state index contributed by atoms with van der Waals surface area (Å²) >= 11 is 0. The quantitative estimate of drug-likeness (QED) is 0.0897. The molecule has 0 aliphatic carbocycles. The summed E-state index contributed by atoms with van der Waals surface area (Å²) in [5, 5.41) is 0. The van der Waals surface area contributed by atoms with Crippen LogP contribution in [0.4, 0.5) is 0 Å². The number of ether oxygens (including phenoxy) is 4. The highest BCUT2D eigenvalue weighted by atomic mass is 16.6. The van der Waals surface area contributed by atoms with Gasteiger partial charge in [-0.05, 0) is 81.4 Å².